The second kappa shape index (κ2) is 9.21. The summed E-state index contributed by atoms with van der Waals surface area (Å²) in [6, 6.07) is 14.1. The van der Waals surface area contributed by atoms with E-state index in [9.17, 15) is 19.2 Å². The molecule has 156 valence electrons. The van der Waals surface area contributed by atoms with Crippen LogP contribution in [0.25, 0.3) is 0 Å². The van der Waals surface area contributed by atoms with Crippen LogP contribution >= 0.6 is 0 Å². The van der Waals surface area contributed by atoms with E-state index in [-0.39, 0.29) is 18.9 Å². The van der Waals surface area contributed by atoms with Gasteiger partial charge in [0.25, 0.3) is 11.8 Å². The quantitative estimate of drug-likeness (QED) is 0.710. The molecular formula is C22H23N3O5. The first-order chi connectivity index (χ1) is 14.3. The van der Waals surface area contributed by atoms with E-state index in [1.165, 1.54) is 0 Å². The SMILES string of the molecule is Cc1ccc(C)c(NC(=O)COC(=O)[C@@H]2CC(=O)N(NC(=O)c3ccccc3)C2)c1. The number of nitrogens with zero attached hydrogens (tertiary/aromatic N) is 1. The van der Waals surface area contributed by atoms with E-state index in [4.69, 9.17) is 4.74 Å². The van der Waals surface area contributed by atoms with E-state index in [0.29, 0.717) is 11.3 Å². The van der Waals surface area contributed by atoms with Crippen molar-refractivity contribution in [3.63, 3.8) is 0 Å². The van der Waals surface area contributed by atoms with E-state index in [1.54, 1.807) is 30.3 Å². The average molecular weight is 409 g/mol. The lowest BCUT2D eigenvalue weighted by atomic mass is 10.1. The zero-order valence-corrected chi connectivity index (χ0v) is 16.8. The summed E-state index contributed by atoms with van der Waals surface area (Å²) in [4.78, 5) is 48.7. The minimum atomic E-state index is -0.748. The molecule has 1 fully saturated rings. The number of ether oxygens (including phenoxy) is 1. The fourth-order valence-corrected chi connectivity index (χ4v) is 3.06. The molecule has 0 saturated carbocycles. The van der Waals surface area contributed by atoms with Gasteiger partial charge in [0.1, 0.15) is 0 Å². The van der Waals surface area contributed by atoms with Crippen molar-refractivity contribution in [2.24, 2.45) is 5.92 Å². The van der Waals surface area contributed by atoms with Crippen LogP contribution in [-0.4, -0.2) is 41.9 Å². The molecule has 3 amide bonds. The Labute approximate surface area is 174 Å². The number of benzene rings is 2. The number of hydrazine groups is 1. The Morgan fingerprint density at radius 2 is 1.83 bits per heavy atom. The molecular weight excluding hydrogens is 386 g/mol. The van der Waals surface area contributed by atoms with Gasteiger partial charge < -0.3 is 10.1 Å². The average Bonchev–Trinajstić information content (AvgIpc) is 3.10. The highest BCUT2D eigenvalue weighted by atomic mass is 16.5. The molecule has 0 unspecified atom stereocenters. The van der Waals surface area contributed by atoms with Crippen LogP contribution in [0.3, 0.4) is 0 Å². The number of aryl methyl sites for hydroxylation is 2. The van der Waals surface area contributed by atoms with Crippen LogP contribution in [0, 0.1) is 19.8 Å². The molecule has 8 heteroatoms. The molecule has 1 atom stereocenters. The van der Waals surface area contributed by atoms with Crippen LogP contribution < -0.4 is 10.7 Å². The molecule has 0 radical (unpaired) electrons. The van der Waals surface area contributed by atoms with E-state index >= 15 is 0 Å². The lowest BCUT2D eigenvalue weighted by molar-refractivity contribution is -0.151. The summed E-state index contributed by atoms with van der Waals surface area (Å²) < 4.78 is 5.07. The maximum Gasteiger partial charge on any atom is 0.311 e. The van der Waals surface area contributed by atoms with Gasteiger partial charge in [-0.1, -0.05) is 30.3 Å². The van der Waals surface area contributed by atoms with Gasteiger partial charge in [-0.2, -0.15) is 0 Å². The minimum Gasteiger partial charge on any atom is -0.455 e. The second-order valence-electron chi connectivity index (χ2n) is 7.19. The Hall–Kier alpha value is -3.68. The smallest absolute Gasteiger partial charge is 0.311 e. The van der Waals surface area contributed by atoms with E-state index < -0.39 is 30.3 Å². The molecule has 30 heavy (non-hydrogen) atoms. The van der Waals surface area contributed by atoms with Crippen LogP contribution in [0.4, 0.5) is 5.69 Å². The number of hydrogen-bond donors (Lipinski definition) is 2. The summed E-state index contributed by atoms with van der Waals surface area (Å²) in [7, 11) is 0. The van der Waals surface area contributed by atoms with Gasteiger partial charge in [0.15, 0.2) is 6.61 Å². The summed E-state index contributed by atoms with van der Waals surface area (Å²) in [5.41, 5.74) is 5.44. The van der Waals surface area contributed by atoms with Crippen molar-refractivity contribution in [1.82, 2.24) is 10.4 Å². The third-order valence-corrected chi connectivity index (χ3v) is 4.74. The lowest BCUT2D eigenvalue weighted by Crippen LogP contribution is -2.43. The first-order valence-electron chi connectivity index (χ1n) is 9.53. The second-order valence-corrected chi connectivity index (χ2v) is 7.19. The van der Waals surface area contributed by atoms with Crippen molar-refractivity contribution in [3.05, 3.63) is 65.2 Å². The number of carbonyl (C=O) groups is 4. The fourth-order valence-electron chi connectivity index (χ4n) is 3.06. The van der Waals surface area contributed by atoms with Crippen molar-refractivity contribution < 1.29 is 23.9 Å². The number of hydrogen-bond acceptors (Lipinski definition) is 5. The maximum absolute atomic E-state index is 12.3. The van der Waals surface area contributed by atoms with Crippen molar-refractivity contribution >= 4 is 29.4 Å². The number of esters is 1. The highest BCUT2D eigenvalue weighted by Crippen LogP contribution is 2.19. The Morgan fingerprint density at radius 3 is 2.57 bits per heavy atom. The normalized spacial score (nSPS) is 15.6. The van der Waals surface area contributed by atoms with Crippen molar-refractivity contribution in [1.29, 1.82) is 0 Å². The van der Waals surface area contributed by atoms with Gasteiger partial charge in [0, 0.05) is 17.7 Å². The van der Waals surface area contributed by atoms with Gasteiger partial charge in [-0.15, -0.1) is 0 Å². The number of carbonyl (C=O) groups excluding carboxylic acids is 4. The zero-order chi connectivity index (χ0) is 21.7. The van der Waals surface area contributed by atoms with Crippen LogP contribution in [-0.2, 0) is 19.1 Å². The van der Waals surface area contributed by atoms with Crippen LogP contribution in [0.2, 0.25) is 0 Å². The number of amides is 3. The molecule has 1 saturated heterocycles. The van der Waals surface area contributed by atoms with Crippen molar-refractivity contribution in [3.8, 4) is 0 Å². The Balaban J connectivity index is 1.49. The highest BCUT2D eigenvalue weighted by Gasteiger charge is 2.36. The first kappa shape index (κ1) is 21.0. The van der Waals surface area contributed by atoms with Gasteiger partial charge in [-0.05, 0) is 43.2 Å². The van der Waals surface area contributed by atoms with Crippen molar-refractivity contribution in [2.45, 2.75) is 20.3 Å². The molecule has 0 spiro atoms. The molecule has 2 aromatic rings. The van der Waals surface area contributed by atoms with Crippen molar-refractivity contribution in [2.75, 3.05) is 18.5 Å². The Morgan fingerprint density at radius 1 is 1.10 bits per heavy atom. The van der Waals surface area contributed by atoms with Crippen LogP contribution in [0.15, 0.2) is 48.5 Å². The van der Waals surface area contributed by atoms with Gasteiger partial charge in [-0.3, -0.25) is 29.6 Å². The molecule has 1 aliphatic heterocycles. The molecule has 8 nitrogen and oxygen atoms in total. The van der Waals surface area contributed by atoms with E-state index in [0.717, 1.165) is 16.1 Å². The molecule has 2 aromatic carbocycles. The summed E-state index contributed by atoms with van der Waals surface area (Å²) in [6.45, 7) is 3.32. The topological polar surface area (TPSA) is 105 Å². The number of rotatable bonds is 6. The summed E-state index contributed by atoms with van der Waals surface area (Å²) in [5.74, 6) is -2.69. The van der Waals surface area contributed by atoms with E-state index in [2.05, 4.69) is 10.7 Å². The van der Waals surface area contributed by atoms with Gasteiger partial charge in [-0.25, -0.2) is 0 Å². The third-order valence-electron chi connectivity index (χ3n) is 4.74. The Bertz CT molecular complexity index is 974. The lowest BCUT2D eigenvalue weighted by Gasteiger charge is -2.17. The molecule has 1 aliphatic rings. The molecule has 0 aromatic heterocycles. The predicted molar refractivity (Wildman–Crippen MR) is 109 cm³/mol. The molecule has 0 aliphatic carbocycles. The minimum absolute atomic E-state index is 0.00511. The summed E-state index contributed by atoms with van der Waals surface area (Å²) >= 11 is 0. The van der Waals surface area contributed by atoms with Crippen LogP contribution in [0.5, 0.6) is 0 Å². The van der Waals surface area contributed by atoms with Gasteiger partial charge >= 0.3 is 5.97 Å². The molecule has 0 bridgehead atoms. The van der Waals surface area contributed by atoms with E-state index in [1.807, 2.05) is 32.0 Å². The van der Waals surface area contributed by atoms with Gasteiger partial charge in [0.05, 0.1) is 12.5 Å². The molecule has 1 heterocycles. The third kappa shape index (κ3) is 5.22. The number of anilines is 1. The summed E-state index contributed by atoms with van der Waals surface area (Å²) in [5, 5.41) is 3.82. The largest absolute Gasteiger partial charge is 0.455 e. The van der Waals surface area contributed by atoms with Gasteiger partial charge in [0.2, 0.25) is 5.91 Å². The molecule has 2 N–H and O–H groups in total. The Kier molecular flexibility index (Phi) is 6.46. The predicted octanol–water partition coefficient (Wildman–Crippen LogP) is 1.98. The highest BCUT2D eigenvalue weighted by molar-refractivity contribution is 5.97. The molecule has 3 rings (SSSR count). The monoisotopic (exact) mass is 409 g/mol. The fraction of sp³-hybridized carbons (Fsp3) is 0.273. The first-order valence-corrected chi connectivity index (χ1v) is 9.53. The van der Waals surface area contributed by atoms with Crippen LogP contribution in [0.1, 0.15) is 27.9 Å². The summed E-state index contributed by atoms with van der Waals surface area (Å²) in [6.07, 6.45) is -0.0908. The zero-order valence-electron chi connectivity index (χ0n) is 16.8. The maximum atomic E-state index is 12.3. The number of nitrogens with one attached hydrogen (secondary N) is 2. The standard InChI is InChI=1S/C22H23N3O5/c1-14-8-9-15(2)18(10-14)23-19(26)13-30-22(29)17-11-20(27)25(12-17)24-21(28)16-6-4-3-5-7-16/h3-10,17H,11-13H2,1-2H3,(H,23,26)(H,24,28)/t17-/m1/s1.